The molecule has 3 aromatic carbocycles. The molecule has 0 aromatic heterocycles. The molecule has 1 aliphatic heterocycles. The quantitative estimate of drug-likeness (QED) is 0.500. The van der Waals surface area contributed by atoms with Crippen molar-refractivity contribution in [2.45, 2.75) is 13.8 Å². The molecule has 0 fully saturated rings. The second kappa shape index (κ2) is 10.8. The van der Waals surface area contributed by atoms with Crippen molar-refractivity contribution in [1.82, 2.24) is 0 Å². The summed E-state index contributed by atoms with van der Waals surface area (Å²) in [4.78, 5) is 26.7. The molecule has 4 rings (SSSR count). The first-order chi connectivity index (χ1) is 16.9. The van der Waals surface area contributed by atoms with Crippen molar-refractivity contribution in [3.05, 3.63) is 71.8 Å². The molecule has 1 aliphatic rings. The second-order valence-corrected chi connectivity index (χ2v) is 8.10. The molecule has 8 heteroatoms. The zero-order valence-electron chi connectivity index (χ0n) is 20.0. The number of fused-ring (bicyclic) bond motifs is 1. The van der Waals surface area contributed by atoms with Gasteiger partial charge in [0.25, 0.3) is 11.8 Å². The summed E-state index contributed by atoms with van der Waals surface area (Å²) in [6, 6.07) is 18.2. The molecule has 0 bridgehead atoms. The van der Waals surface area contributed by atoms with Gasteiger partial charge in [0.2, 0.25) is 0 Å². The third-order valence-electron chi connectivity index (χ3n) is 5.59. The van der Waals surface area contributed by atoms with E-state index >= 15 is 0 Å². The summed E-state index contributed by atoms with van der Waals surface area (Å²) >= 11 is 0. The van der Waals surface area contributed by atoms with Gasteiger partial charge >= 0.3 is 0 Å². The van der Waals surface area contributed by atoms with Gasteiger partial charge in [0.1, 0.15) is 29.6 Å². The fourth-order valence-electron chi connectivity index (χ4n) is 3.81. The Morgan fingerprint density at radius 1 is 1.00 bits per heavy atom. The van der Waals surface area contributed by atoms with Crippen LogP contribution in [0.25, 0.3) is 0 Å². The Labute approximate surface area is 204 Å². The number of amides is 2. The lowest BCUT2D eigenvalue weighted by molar-refractivity contribution is -0.121. The van der Waals surface area contributed by atoms with Crippen LogP contribution < -0.4 is 29.2 Å². The van der Waals surface area contributed by atoms with Gasteiger partial charge in [-0.25, -0.2) is 0 Å². The van der Waals surface area contributed by atoms with Crippen LogP contribution in [0.3, 0.4) is 0 Å². The van der Waals surface area contributed by atoms with Gasteiger partial charge in [0, 0.05) is 5.69 Å². The van der Waals surface area contributed by atoms with Crippen LogP contribution in [-0.2, 0) is 9.59 Å². The lowest BCUT2D eigenvalue weighted by Gasteiger charge is -2.29. The summed E-state index contributed by atoms with van der Waals surface area (Å²) in [6.07, 6.45) is 0. The van der Waals surface area contributed by atoms with Crippen molar-refractivity contribution in [2.75, 3.05) is 43.7 Å². The molecule has 2 amide bonds. The van der Waals surface area contributed by atoms with Gasteiger partial charge in [-0.15, -0.1) is 0 Å². The monoisotopic (exact) mass is 476 g/mol. The van der Waals surface area contributed by atoms with E-state index in [4.69, 9.17) is 18.9 Å². The van der Waals surface area contributed by atoms with Crippen LogP contribution in [0.15, 0.2) is 60.7 Å². The lowest BCUT2D eigenvalue weighted by atomic mass is 10.1. The predicted octanol–water partition coefficient (Wildman–Crippen LogP) is 4.13. The van der Waals surface area contributed by atoms with Gasteiger partial charge < -0.3 is 29.2 Å². The molecule has 35 heavy (non-hydrogen) atoms. The van der Waals surface area contributed by atoms with Crippen LogP contribution in [-0.4, -0.2) is 45.3 Å². The molecule has 3 aromatic rings. The van der Waals surface area contributed by atoms with E-state index in [0.717, 1.165) is 16.9 Å². The van der Waals surface area contributed by atoms with E-state index in [9.17, 15) is 9.59 Å². The van der Waals surface area contributed by atoms with Crippen LogP contribution in [0.1, 0.15) is 11.1 Å². The van der Waals surface area contributed by atoms with Gasteiger partial charge in [-0.2, -0.15) is 0 Å². The topological polar surface area (TPSA) is 86.3 Å². The van der Waals surface area contributed by atoms with Crippen molar-refractivity contribution in [3.63, 3.8) is 0 Å². The Kier molecular flexibility index (Phi) is 7.40. The fourth-order valence-corrected chi connectivity index (χ4v) is 3.81. The first-order valence-corrected chi connectivity index (χ1v) is 11.3. The van der Waals surface area contributed by atoms with Crippen molar-refractivity contribution >= 4 is 23.2 Å². The molecule has 0 atom stereocenters. The summed E-state index contributed by atoms with van der Waals surface area (Å²) in [7, 11) is 1.60. The normalized spacial score (nSPS) is 12.4. The fraction of sp³-hybridized carbons (Fsp3) is 0.259. The first kappa shape index (κ1) is 23.9. The number of rotatable bonds is 9. The van der Waals surface area contributed by atoms with Crippen LogP contribution >= 0.6 is 0 Å². The van der Waals surface area contributed by atoms with Gasteiger partial charge in [-0.05, 0) is 67.4 Å². The zero-order chi connectivity index (χ0) is 24.8. The lowest BCUT2D eigenvalue weighted by Crippen LogP contribution is -2.41. The number of hydrogen-bond acceptors (Lipinski definition) is 6. The highest BCUT2D eigenvalue weighted by Gasteiger charge is 2.26. The average molecular weight is 477 g/mol. The smallest absolute Gasteiger partial charge is 0.265 e. The van der Waals surface area contributed by atoms with Gasteiger partial charge in [-0.3, -0.25) is 9.59 Å². The Hall–Kier alpha value is -4.20. The van der Waals surface area contributed by atoms with Crippen molar-refractivity contribution in [1.29, 1.82) is 0 Å². The average Bonchev–Trinajstić information content (AvgIpc) is 2.85. The first-order valence-electron chi connectivity index (χ1n) is 11.3. The highest BCUT2D eigenvalue weighted by Crippen LogP contribution is 2.34. The third kappa shape index (κ3) is 5.84. The van der Waals surface area contributed by atoms with E-state index in [-0.39, 0.29) is 31.6 Å². The number of nitrogens with zero attached hydrogens (tertiary/aromatic N) is 1. The maximum atomic E-state index is 12.6. The number of carbonyl (C=O) groups excluding carboxylic acids is 2. The summed E-state index contributed by atoms with van der Waals surface area (Å²) in [6.45, 7) is 4.32. The molecule has 0 saturated heterocycles. The highest BCUT2D eigenvalue weighted by atomic mass is 16.5. The molecule has 0 saturated carbocycles. The Morgan fingerprint density at radius 2 is 1.71 bits per heavy atom. The summed E-state index contributed by atoms with van der Waals surface area (Å²) in [5.41, 5.74) is 3.05. The minimum Gasteiger partial charge on any atom is -0.497 e. The van der Waals surface area contributed by atoms with E-state index in [1.807, 2.05) is 56.3 Å². The molecule has 0 aliphatic carbocycles. The van der Waals surface area contributed by atoms with Crippen LogP contribution in [0, 0.1) is 13.8 Å². The molecular formula is C27H28N2O6. The molecule has 0 unspecified atom stereocenters. The van der Waals surface area contributed by atoms with E-state index in [2.05, 4.69) is 5.32 Å². The Balaban J connectivity index is 1.38. The number of aryl methyl sites for hydroxylation is 2. The van der Waals surface area contributed by atoms with E-state index in [1.165, 1.54) is 0 Å². The standard InChI is InChI=1S/C27H28N2O6/c1-18-5-4-6-19(2)27(18)35-16-25(30)28-20-7-12-24-23(15-20)29(26(31)17-34-24)13-14-33-22-10-8-21(32-3)9-11-22/h4-12,15H,13-14,16-17H2,1-3H3,(H,28,30). The number of benzene rings is 3. The van der Waals surface area contributed by atoms with Gasteiger partial charge in [0.15, 0.2) is 13.2 Å². The van der Waals surface area contributed by atoms with Crippen molar-refractivity contribution < 1.29 is 28.5 Å². The number of anilines is 2. The molecule has 1 heterocycles. The highest BCUT2D eigenvalue weighted by molar-refractivity contribution is 5.99. The largest absolute Gasteiger partial charge is 0.497 e. The maximum Gasteiger partial charge on any atom is 0.265 e. The second-order valence-electron chi connectivity index (χ2n) is 8.10. The van der Waals surface area contributed by atoms with E-state index < -0.39 is 0 Å². The molecule has 0 radical (unpaired) electrons. The minimum absolute atomic E-state index is 0.0507. The number of methoxy groups -OCH3 is 1. The number of nitrogens with one attached hydrogen (secondary N) is 1. The maximum absolute atomic E-state index is 12.6. The van der Waals surface area contributed by atoms with Crippen LogP contribution in [0.4, 0.5) is 11.4 Å². The Morgan fingerprint density at radius 3 is 2.43 bits per heavy atom. The third-order valence-corrected chi connectivity index (χ3v) is 5.59. The molecule has 1 N–H and O–H groups in total. The van der Waals surface area contributed by atoms with Crippen molar-refractivity contribution in [2.24, 2.45) is 0 Å². The van der Waals surface area contributed by atoms with E-state index in [1.54, 1.807) is 30.2 Å². The Bertz CT molecular complexity index is 1190. The summed E-state index contributed by atoms with van der Waals surface area (Å²) in [5.74, 6) is 2.21. The minimum atomic E-state index is -0.301. The zero-order valence-corrected chi connectivity index (χ0v) is 20.0. The number of para-hydroxylation sites is 1. The van der Waals surface area contributed by atoms with E-state index in [0.29, 0.717) is 35.2 Å². The van der Waals surface area contributed by atoms with Gasteiger partial charge in [-0.1, -0.05) is 18.2 Å². The number of ether oxygens (including phenoxy) is 4. The molecule has 182 valence electrons. The molecule has 8 nitrogen and oxygen atoms in total. The number of hydrogen-bond donors (Lipinski definition) is 1. The summed E-state index contributed by atoms with van der Waals surface area (Å²) < 4.78 is 22.2. The predicted molar refractivity (Wildman–Crippen MR) is 133 cm³/mol. The van der Waals surface area contributed by atoms with Crippen LogP contribution in [0.2, 0.25) is 0 Å². The molecular weight excluding hydrogens is 448 g/mol. The van der Waals surface area contributed by atoms with Gasteiger partial charge in [0.05, 0.1) is 19.3 Å². The number of carbonyl (C=O) groups is 2. The SMILES string of the molecule is COc1ccc(OCCN2C(=O)COc3ccc(NC(=O)COc4c(C)cccc4C)cc32)cc1. The van der Waals surface area contributed by atoms with Crippen molar-refractivity contribution in [3.8, 4) is 23.0 Å². The molecule has 0 spiro atoms. The summed E-state index contributed by atoms with van der Waals surface area (Å²) in [5, 5.41) is 2.83. The van der Waals surface area contributed by atoms with Crippen LogP contribution in [0.5, 0.6) is 23.0 Å².